The SMILES string of the molecule is CCOC(=O)C1CC1c1ccc(CN(C)C)cc1. The fraction of sp³-hybridized carbons (Fsp3) is 0.533. The number of benzene rings is 1. The molecule has 0 radical (unpaired) electrons. The molecule has 18 heavy (non-hydrogen) atoms. The van der Waals surface area contributed by atoms with Crippen LogP contribution in [0.2, 0.25) is 0 Å². The molecule has 0 heterocycles. The second-order valence-electron chi connectivity index (χ2n) is 5.18. The van der Waals surface area contributed by atoms with E-state index < -0.39 is 0 Å². The highest BCUT2D eigenvalue weighted by molar-refractivity contribution is 5.77. The Hall–Kier alpha value is -1.35. The first-order valence-corrected chi connectivity index (χ1v) is 6.52. The number of hydrogen-bond acceptors (Lipinski definition) is 3. The zero-order valence-electron chi connectivity index (χ0n) is 11.3. The Kier molecular flexibility index (Phi) is 4.02. The molecule has 1 fully saturated rings. The van der Waals surface area contributed by atoms with Crippen LogP contribution in [0.3, 0.4) is 0 Å². The minimum atomic E-state index is -0.0418. The largest absolute Gasteiger partial charge is 0.466 e. The molecule has 0 aliphatic heterocycles. The molecule has 1 aliphatic rings. The molecule has 1 aromatic carbocycles. The van der Waals surface area contributed by atoms with Crippen molar-refractivity contribution >= 4 is 5.97 Å². The van der Waals surface area contributed by atoms with Gasteiger partial charge in [0.1, 0.15) is 0 Å². The summed E-state index contributed by atoms with van der Waals surface area (Å²) in [5.74, 6) is 0.418. The van der Waals surface area contributed by atoms with Crippen molar-refractivity contribution in [2.45, 2.75) is 25.8 Å². The van der Waals surface area contributed by atoms with Crippen molar-refractivity contribution in [1.82, 2.24) is 4.90 Å². The molecule has 2 rings (SSSR count). The highest BCUT2D eigenvalue weighted by Gasteiger charge is 2.44. The zero-order valence-corrected chi connectivity index (χ0v) is 11.3. The van der Waals surface area contributed by atoms with E-state index in [9.17, 15) is 4.79 Å². The smallest absolute Gasteiger partial charge is 0.309 e. The van der Waals surface area contributed by atoms with Crippen LogP contribution >= 0.6 is 0 Å². The Morgan fingerprint density at radius 1 is 1.33 bits per heavy atom. The fourth-order valence-electron chi connectivity index (χ4n) is 2.31. The van der Waals surface area contributed by atoms with Gasteiger partial charge in [0.2, 0.25) is 0 Å². The number of rotatable bonds is 5. The highest BCUT2D eigenvalue weighted by atomic mass is 16.5. The monoisotopic (exact) mass is 247 g/mol. The van der Waals surface area contributed by atoms with Crippen LogP contribution < -0.4 is 0 Å². The fourth-order valence-corrected chi connectivity index (χ4v) is 2.31. The van der Waals surface area contributed by atoms with Crippen molar-refractivity contribution in [3.8, 4) is 0 Å². The molecule has 0 N–H and O–H groups in total. The Balaban J connectivity index is 1.94. The van der Waals surface area contributed by atoms with Crippen molar-refractivity contribution in [3.05, 3.63) is 35.4 Å². The molecule has 0 bridgehead atoms. The summed E-state index contributed by atoms with van der Waals surface area (Å²) in [6, 6.07) is 8.58. The van der Waals surface area contributed by atoms with E-state index in [4.69, 9.17) is 4.74 Å². The number of carbonyl (C=O) groups is 1. The topological polar surface area (TPSA) is 29.5 Å². The van der Waals surface area contributed by atoms with Crippen LogP contribution in [0.4, 0.5) is 0 Å². The average molecular weight is 247 g/mol. The van der Waals surface area contributed by atoms with Crippen LogP contribution in [0.1, 0.15) is 30.4 Å². The number of esters is 1. The van der Waals surface area contributed by atoms with Crippen LogP contribution in [0.25, 0.3) is 0 Å². The summed E-state index contributed by atoms with van der Waals surface area (Å²) in [7, 11) is 4.12. The zero-order chi connectivity index (χ0) is 13.1. The lowest BCUT2D eigenvalue weighted by atomic mass is 10.1. The standard InChI is InChI=1S/C15H21NO2/c1-4-18-15(17)14-9-13(14)12-7-5-11(6-8-12)10-16(2)3/h5-8,13-14H,4,9-10H2,1-3H3. The van der Waals surface area contributed by atoms with Crippen LogP contribution in [-0.2, 0) is 16.1 Å². The van der Waals surface area contributed by atoms with Crippen LogP contribution in [-0.4, -0.2) is 31.6 Å². The molecule has 2 unspecified atom stereocenters. The normalized spacial score (nSPS) is 22.0. The van der Waals surface area contributed by atoms with Crippen molar-refractivity contribution in [2.24, 2.45) is 5.92 Å². The van der Waals surface area contributed by atoms with E-state index in [1.165, 1.54) is 11.1 Å². The third-order valence-electron chi connectivity index (χ3n) is 3.29. The summed E-state index contributed by atoms with van der Waals surface area (Å²) < 4.78 is 5.05. The summed E-state index contributed by atoms with van der Waals surface area (Å²) in [4.78, 5) is 13.7. The molecule has 1 saturated carbocycles. The van der Waals surface area contributed by atoms with Gasteiger partial charge in [-0.1, -0.05) is 24.3 Å². The summed E-state index contributed by atoms with van der Waals surface area (Å²) in [5.41, 5.74) is 2.56. The predicted octanol–water partition coefficient (Wildman–Crippen LogP) is 2.41. The van der Waals surface area contributed by atoms with Gasteiger partial charge < -0.3 is 9.64 Å². The molecule has 3 heteroatoms. The lowest BCUT2D eigenvalue weighted by molar-refractivity contribution is -0.144. The number of carbonyl (C=O) groups excluding carboxylic acids is 1. The third kappa shape index (κ3) is 3.10. The Bertz CT molecular complexity index is 411. The van der Waals surface area contributed by atoms with Crippen molar-refractivity contribution in [3.63, 3.8) is 0 Å². The Labute approximate surface area is 109 Å². The molecule has 0 amide bonds. The van der Waals surface area contributed by atoms with Gasteiger partial charge in [-0.15, -0.1) is 0 Å². The maximum atomic E-state index is 11.6. The van der Waals surface area contributed by atoms with E-state index in [0.29, 0.717) is 12.5 Å². The first kappa shape index (κ1) is 13.1. The van der Waals surface area contributed by atoms with Gasteiger partial charge in [-0.05, 0) is 44.5 Å². The molecule has 0 aromatic heterocycles. The Morgan fingerprint density at radius 3 is 2.56 bits per heavy atom. The number of nitrogens with zero attached hydrogens (tertiary/aromatic N) is 1. The minimum Gasteiger partial charge on any atom is -0.466 e. The third-order valence-corrected chi connectivity index (χ3v) is 3.29. The molecule has 0 saturated heterocycles. The number of hydrogen-bond donors (Lipinski definition) is 0. The second-order valence-corrected chi connectivity index (χ2v) is 5.18. The van der Waals surface area contributed by atoms with Crippen LogP contribution in [0, 0.1) is 5.92 Å². The maximum absolute atomic E-state index is 11.6. The summed E-state index contributed by atoms with van der Waals surface area (Å²) in [5, 5.41) is 0. The molecule has 1 aliphatic carbocycles. The van der Waals surface area contributed by atoms with Crippen LogP contribution in [0.5, 0.6) is 0 Å². The lowest BCUT2D eigenvalue weighted by Gasteiger charge is -2.10. The first-order chi connectivity index (χ1) is 8.61. The summed E-state index contributed by atoms with van der Waals surface area (Å²) >= 11 is 0. The van der Waals surface area contributed by atoms with E-state index in [2.05, 4.69) is 43.3 Å². The van der Waals surface area contributed by atoms with Gasteiger partial charge in [-0.25, -0.2) is 0 Å². The molecule has 2 atom stereocenters. The van der Waals surface area contributed by atoms with E-state index in [0.717, 1.165) is 13.0 Å². The van der Waals surface area contributed by atoms with E-state index in [1.54, 1.807) is 0 Å². The first-order valence-electron chi connectivity index (χ1n) is 6.52. The van der Waals surface area contributed by atoms with E-state index in [1.807, 2.05) is 6.92 Å². The van der Waals surface area contributed by atoms with Crippen molar-refractivity contribution < 1.29 is 9.53 Å². The summed E-state index contributed by atoms with van der Waals surface area (Å²) in [6.45, 7) is 3.28. The lowest BCUT2D eigenvalue weighted by Crippen LogP contribution is -2.10. The maximum Gasteiger partial charge on any atom is 0.309 e. The van der Waals surface area contributed by atoms with Gasteiger partial charge in [0.05, 0.1) is 12.5 Å². The molecule has 1 aromatic rings. The van der Waals surface area contributed by atoms with Gasteiger partial charge in [0, 0.05) is 6.54 Å². The molecule has 0 spiro atoms. The summed E-state index contributed by atoms with van der Waals surface area (Å²) in [6.07, 6.45) is 0.936. The van der Waals surface area contributed by atoms with Crippen LogP contribution in [0.15, 0.2) is 24.3 Å². The van der Waals surface area contributed by atoms with E-state index in [-0.39, 0.29) is 11.9 Å². The highest BCUT2D eigenvalue weighted by Crippen LogP contribution is 2.48. The van der Waals surface area contributed by atoms with Gasteiger partial charge >= 0.3 is 5.97 Å². The quantitative estimate of drug-likeness (QED) is 0.748. The molecule has 98 valence electrons. The number of ether oxygens (including phenoxy) is 1. The van der Waals surface area contributed by atoms with Gasteiger partial charge in [-0.2, -0.15) is 0 Å². The predicted molar refractivity (Wildman–Crippen MR) is 71.3 cm³/mol. The average Bonchev–Trinajstić information content (AvgIpc) is 3.09. The Morgan fingerprint density at radius 2 is 2.00 bits per heavy atom. The van der Waals surface area contributed by atoms with Gasteiger partial charge in [-0.3, -0.25) is 4.79 Å². The second kappa shape index (κ2) is 5.53. The van der Waals surface area contributed by atoms with E-state index >= 15 is 0 Å². The molecule has 3 nitrogen and oxygen atoms in total. The molecular weight excluding hydrogens is 226 g/mol. The minimum absolute atomic E-state index is 0.0418. The van der Waals surface area contributed by atoms with Gasteiger partial charge in [0.15, 0.2) is 0 Å². The molecular formula is C15H21NO2. The van der Waals surface area contributed by atoms with Crippen molar-refractivity contribution in [1.29, 1.82) is 0 Å². The van der Waals surface area contributed by atoms with Crippen molar-refractivity contribution in [2.75, 3.05) is 20.7 Å². The van der Waals surface area contributed by atoms with Gasteiger partial charge in [0.25, 0.3) is 0 Å².